The molecule has 32 heavy (non-hydrogen) atoms. The highest BCUT2D eigenvalue weighted by Crippen LogP contribution is 2.21. The first-order valence-corrected chi connectivity index (χ1v) is 12.0. The summed E-state index contributed by atoms with van der Waals surface area (Å²) in [6.45, 7) is 5.83. The van der Waals surface area contributed by atoms with Crippen LogP contribution in [0.25, 0.3) is 11.0 Å². The van der Waals surface area contributed by atoms with Crippen molar-refractivity contribution >= 4 is 16.9 Å². The van der Waals surface area contributed by atoms with E-state index < -0.39 is 0 Å². The van der Waals surface area contributed by atoms with Gasteiger partial charge in [-0.2, -0.15) is 0 Å². The normalized spacial score (nSPS) is 19.4. The maximum absolute atomic E-state index is 12.9. The number of carbonyl (C=O) groups excluding carboxylic acids is 1. The maximum Gasteiger partial charge on any atom is 0.223 e. The number of nitrogens with one attached hydrogen (secondary N) is 2. The van der Waals surface area contributed by atoms with Crippen LogP contribution in [0.4, 0.5) is 0 Å². The molecule has 2 aromatic carbocycles. The highest BCUT2D eigenvalue weighted by molar-refractivity contribution is 5.79. The second-order valence-electron chi connectivity index (χ2n) is 9.30. The van der Waals surface area contributed by atoms with E-state index in [-0.39, 0.29) is 11.8 Å². The summed E-state index contributed by atoms with van der Waals surface area (Å²) in [5, 5.41) is 3.35. The minimum atomic E-state index is 0.143. The van der Waals surface area contributed by atoms with Gasteiger partial charge in [0.05, 0.1) is 17.6 Å². The largest absolute Gasteiger partial charge is 0.353 e. The molecule has 3 aromatic rings. The van der Waals surface area contributed by atoms with Crippen LogP contribution < -0.4 is 5.32 Å². The van der Waals surface area contributed by atoms with Gasteiger partial charge in [-0.15, -0.1) is 0 Å². The molecule has 1 amide bonds. The Morgan fingerprint density at radius 3 is 2.28 bits per heavy atom. The molecule has 168 valence electrons. The molecule has 0 atom stereocenters. The van der Waals surface area contributed by atoms with Crippen molar-refractivity contribution in [2.45, 2.75) is 44.8 Å². The Morgan fingerprint density at radius 1 is 0.875 bits per heavy atom. The number of H-pyrrole nitrogens is 1. The number of aromatic amines is 1. The van der Waals surface area contributed by atoms with Gasteiger partial charge in [-0.3, -0.25) is 14.6 Å². The van der Waals surface area contributed by atoms with Gasteiger partial charge in [0.15, 0.2) is 0 Å². The lowest BCUT2D eigenvalue weighted by Crippen LogP contribution is -2.47. The van der Waals surface area contributed by atoms with Crippen LogP contribution in [0.2, 0.25) is 0 Å². The standard InChI is InChI=1S/C26H33N5O/c32-26(27-22-12-16-30(17-13-22)18-20-6-2-1-3-7-20)21-10-14-31(15-11-21)19-25-28-23-8-4-5-9-24(23)29-25/h1-9,21-22H,10-19H2,(H,27,32)(H,28,29). The van der Waals surface area contributed by atoms with Crippen LogP contribution in [-0.2, 0) is 17.9 Å². The Hall–Kier alpha value is -2.70. The van der Waals surface area contributed by atoms with Gasteiger partial charge in [0.2, 0.25) is 5.91 Å². The Balaban J connectivity index is 1.04. The molecule has 2 fully saturated rings. The van der Waals surface area contributed by atoms with Crippen molar-refractivity contribution < 1.29 is 4.79 Å². The third-order valence-corrected chi connectivity index (χ3v) is 6.95. The third kappa shape index (κ3) is 5.19. The lowest BCUT2D eigenvalue weighted by atomic mass is 9.94. The Morgan fingerprint density at radius 2 is 1.53 bits per heavy atom. The van der Waals surface area contributed by atoms with Crippen molar-refractivity contribution in [2.24, 2.45) is 5.92 Å². The highest BCUT2D eigenvalue weighted by Gasteiger charge is 2.28. The van der Waals surface area contributed by atoms with E-state index in [9.17, 15) is 4.79 Å². The van der Waals surface area contributed by atoms with Crippen LogP contribution in [0.3, 0.4) is 0 Å². The predicted molar refractivity (Wildman–Crippen MR) is 127 cm³/mol. The fourth-order valence-corrected chi connectivity index (χ4v) is 5.04. The summed E-state index contributed by atoms with van der Waals surface area (Å²) in [5.41, 5.74) is 3.47. The molecule has 0 spiro atoms. The number of imidazole rings is 1. The van der Waals surface area contributed by atoms with Gasteiger partial charge >= 0.3 is 0 Å². The fourth-order valence-electron chi connectivity index (χ4n) is 5.04. The third-order valence-electron chi connectivity index (χ3n) is 6.95. The fraction of sp³-hybridized carbons (Fsp3) is 0.462. The molecule has 6 nitrogen and oxygen atoms in total. The first-order chi connectivity index (χ1) is 15.7. The second kappa shape index (κ2) is 9.84. The first kappa shape index (κ1) is 21.2. The number of fused-ring (bicyclic) bond motifs is 1. The molecule has 0 unspecified atom stereocenters. The molecule has 0 aliphatic carbocycles. The molecular weight excluding hydrogens is 398 g/mol. The zero-order chi connectivity index (χ0) is 21.8. The van der Waals surface area contributed by atoms with Crippen molar-refractivity contribution in [3.05, 3.63) is 66.0 Å². The van der Waals surface area contributed by atoms with Gasteiger partial charge in [-0.1, -0.05) is 42.5 Å². The summed E-state index contributed by atoms with van der Waals surface area (Å²) in [7, 11) is 0. The van der Waals surface area contributed by atoms with Crippen LogP contribution in [0.5, 0.6) is 0 Å². The van der Waals surface area contributed by atoms with E-state index in [0.29, 0.717) is 6.04 Å². The number of piperidine rings is 2. The monoisotopic (exact) mass is 431 g/mol. The average molecular weight is 432 g/mol. The number of hydrogen-bond acceptors (Lipinski definition) is 4. The van der Waals surface area contributed by atoms with Gasteiger partial charge in [0.25, 0.3) is 0 Å². The summed E-state index contributed by atoms with van der Waals surface area (Å²) >= 11 is 0. The number of carbonyl (C=O) groups is 1. The van der Waals surface area contributed by atoms with Crippen LogP contribution in [0, 0.1) is 5.92 Å². The molecule has 3 heterocycles. The SMILES string of the molecule is O=C(NC1CCN(Cc2ccccc2)CC1)C1CCN(Cc2nc3ccccc3[nH]2)CC1. The molecule has 2 aliphatic rings. The van der Waals surface area contributed by atoms with E-state index in [1.807, 2.05) is 18.2 Å². The summed E-state index contributed by atoms with van der Waals surface area (Å²) < 4.78 is 0. The highest BCUT2D eigenvalue weighted by atomic mass is 16.2. The maximum atomic E-state index is 12.9. The van der Waals surface area contributed by atoms with Gasteiger partial charge < -0.3 is 10.3 Å². The number of likely N-dealkylation sites (tertiary alicyclic amines) is 2. The minimum Gasteiger partial charge on any atom is -0.353 e. The number of para-hydroxylation sites is 2. The number of hydrogen-bond donors (Lipinski definition) is 2. The van der Waals surface area contributed by atoms with Gasteiger partial charge in [0, 0.05) is 31.6 Å². The first-order valence-electron chi connectivity index (χ1n) is 12.0. The van der Waals surface area contributed by atoms with Gasteiger partial charge in [-0.25, -0.2) is 4.98 Å². The number of benzene rings is 2. The van der Waals surface area contributed by atoms with Crippen molar-refractivity contribution in [1.29, 1.82) is 0 Å². The van der Waals surface area contributed by atoms with Crippen molar-refractivity contribution in [3.8, 4) is 0 Å². The lowest BCUT2D eigenvalue weighted by molar-refractivity contribution is -0.127. The lowest BCUT2D eigenvalue weighted by Gasteiger charge is -2.35. The van der Waals surface area contributed by atoms with Crippen LogP contribution in [-0.4, -0.2) is 57.9 Å². The van der Waals surface area contributed by atoms with E-state index in [4.69, 9.17) is 4.98 Å². The van der Waals surface area contributed by atoms with Crippen molar-refractivity contribution in [3.63, 3.8) is 0 Å². The van der Waals surface area contributed by atoms with Crippen LogP contribution in [0.1, 0.15) is 37.1 Å². The van der Waals surface area contributed by atoms with E-state index in [0.717, 1.165) is 81.8 Å². The Kier molecular flexibility index (Phi) is 6.51. The van der Waals surface area contributed by atoms with E-state index in [2.05, 4.69) is 56.5 Å². The Labute approximate surface area is 190 Å². The molecule has 0 bridgehead atoms. The minimum absolute atomic E-state index is 0.143. The smallest absolute Gasteiger partial charge is 0.223 e. The molecule has 2 saturated heterocycles. The topological polar surface area (TPSA) is 64.3 Å². The quantitative estimate of drug-likeness (QED) is 0.627. The molecular formula is C26H33N5O. The number of nitrogens with zero attached hydrogens (tertiary/aromatic N) is 3. The zero-order valence-corrected chi connectivity index (χ0v) is 18.7. The van der Waals surface area contributed by atoms with Crippen LogP contribution >= 0.6 is 0 Å². The average Bonchev–Trinajstić information content (AvgIpc) is 3.24. The van der Waals surface area contributed by atoms with Crippen molar-refractivity contribution in [1.82, 2.24) is 25.1 Å². The second-order valence-corrected chi connectivity index (χ2v) is 9.30. The van der Waals surface area contributed by atoms with Crippen LogP contribution in [0.15, 0.2) is 54.6 Å². The van der Waals surface area contributed by atoms with Gasteiger partial charge in [-0.05, 0) is 56.5 Å². The zero-order valence-electron chi connectivity index (χ0n) is 18.7. The molecule has 6 heteroatoms. The molecule has 0 radical (unpaired) electrons. The van der Waals surface area contributed by atoms with E-state index in [1.165, 1.54) is 5.56 Å². The number of amides is 1. The molecule has 1 aromatic heterocycles. The van der Waals surface area contributed by atoms with Gasteiger partial charge in [0.1, 0.15) is 5.82 Å². The predicted octanol–water partition coefficient (Wildman–Crippen LogP) is 3.56. The summed E-state index contributed by atoms with van der Waals surface area (Å²) in [6.07, 6.45) is 3.95. The molecule has 0 saturated carbocycles. The van der Waals surface area contributed by atoms with Crippen molar-refractivity contribution in [2.75, 3.05) is 26.2 Å². The number of rotatable bonds is 6. The van der Waals surface area contributed by atoms with E-state index in [1.54, 1.807) is 0 Å². The summed E-state index contributed by atoms with van der Waals surface area (Å²) in [5.74, 6) is 1.41. The summed E-state index contributed by atoms with van der Waals surface area (Å²) in [6, 6.07) is 19.1. The Bertz CT molecular complexity index is 984. The number of aromatic nitrogens is 2. The summed E-state index contributed by atoms with van der Waals surface area (Å²) in [4.78, 5) is 25.9. The molecule has 5 rings (SSSR count). The molecule has 2 aliphatic heterocycles. The molecule has 2 N–H and O–H groups in total. The van der Waals surface area contributed by atoms with E-state index >= 15 is 0 Å².